The van der Waals surface area contributed by atoms with E-state index < -0.39 is 30.0 Å². The lowest BCUT2D eigenvalue weighted by Crippen LogP contribution is -2.57. The minimum Gasteiger partial charge on any atom is -0.344 e. The van der Waals surface area contributed by atoms with Crippen molar-refractivity contribution in [1.82, 2.24) is 15.1 Å². The van der Waals surface area contributed by atoms with Crippen molar-refractivity contribution >= 4 is 23.4 Å². The highest BCUT2D eigenvalue weighted by molar-refractivity contribution is 6.01. The van der Waals surface area contributed by atoms with E-state index in [1.54, 1.807) is 4.90 Å². The Balaban J connectivity index is 1.27. The number of benzene rings is 1. The Morgan fingerprint density at radius 2 is 1.74 bits per heavy atom. The SMILES string of the molecule is O=C1NC(C(F)(F)F)CCC1C(=O)N1CCN(CC(=O)N2CCc3ccccc32)CC1. The molecular weight excluding hydrogens is 413 g/mol. The second-order valence-electron chi connectivity index (χ2n) is 8.26. The number of piperidine rings is 1. The van der Waals surface area contributed by atoms with Gasteiger partial charge < -0.3 is 15.1 Å². The molecule has 0 bridgehead atoms. The molecule has 168 valence electrons. The van der Waals surface area contributed by atoms with Crippen LogP contribution in [0.1, 0.15) is 18.4 Å². The van der Waals surface area contributed by atoms with E-state index >= 15 is 0 Å². The minimum absolute atomic E-state index is 0.00887. The highest BCUT2D eigenvalue weighted by Crippen LogP contribution is 2.30. The van der Waals surface area contributed by atoms with Crippen LogP contribution in [0, 0.1) is 5.92 Å². The van der Waals surface area contributed by atoms with Crippen LogP contribution in [0.25, 0.3) is 0 Å². The molecule has 31 heavy (non-hydrogen) atoms. The van der Waals surface area contributed by atoms with Gasteiger partial charge in [0.2, 0.25) is 17.7 Å². The van der Waals surface area contributed by atoms with Gasteiger partial charge in [0.05, 0.1) is 6.54 Å². The fourth-order valence-electron chi connectivity index (χ4n) is 4.51. The van der Waals surface area contributed by atoms with Crippen molar-refractivity contribution in [3.05, 3.63) is 29.8 Å². The van der Waals surface area contributed by atoms with Crippen LogP contribution >= 0.6 is 0 Å². The normalized spacial score (nSPS) is 24.7. The van der Waals surface area contributed by atoms with Gasteiger partial charge in [-0.2, -0.15) is 13.2 Å². The molecule has 0 spiro atoms. The summed E-state index contributed by atoms with van der Waals surface area (Å²) in [6, 6.07) is 5.94. The van der Waals surface area contributed by atoms with Crippen molar-refractivity contribution in [2.75, 3.05) is 44.2 Å². The topological polar surface area (TPSA) is 73.0 Å². The van der Waals surface area contributed by atoms with Crippen LogP contribution in [-0.4, -0.2) is 79.0 Å². The van der Waals surface area contributed by atoms with Crippen LogP contribution in [0.4, 0.5) is 18.9 Å². The van der Waals surface area contributed by atoms with Gasteiger partial charge in [0.15, 0.2) is 0 Å². The van der Waals surface area contributed by atoms with E-state index in [0.29, 0.717) is 32.7 Å². The van der Waals surface area contributed by atoms with Gasteiger partial charge in [-0.15, -0.1) is 0 Å². The third kappa shape index (κ3) is 4.53. The number of nitrogens with one attached hydrogen (secondary N) is 1. The van der Waals surface area contributed by atoms with Crippen LogP contribution < -0.4 is 10.2 Å². The summed E-state index contributed by atoms with van der Waals surface area (Å²) in [5.41, 5.74) is 2.10. The molecule has 4 rings (SSSR count). The molecule has 0 aromatic heterocycles. The predicted octanol–water partition coefficient (Wildman–Crippen LogP) is 1.18. The summed E-state index contributed by atoms with van der Waals surface area (Å²) in [4.78, 5) is 42.8. The van der Waals surface area contributed by atoms with Gasteiger partial charge in [-0.25, -0.2) is 0 Å². The van der Waals surface area contributed by atoms with Gasteiger partial charge in [0.1, 0.15) is 12.0 Å². The van der Waals surface area contributed by atoms with E-state index in [0.717, 1.165) is 17.7 Å². The molecule has 7 nitrogen and oxygen atoms in total. The second kappa shape index (κ2) is 8.49. The van der Waals surface area contributed by atoms with E-state index in [2.05, 4.69) is 0 Å². The number of amides is 3. The first-order chi connectivity index (χ1) is 14.7. The van der Waals surface area contributed by atoms with Gasteiger partial charge in [0, 0.05) is 38.4 Å². The lowest BCUT2D eigenvalue weighted by molar-refractivity contribution is -0.172. The van der Waals surface area contributed by atoms with Crippen molar-refractivity contribution < 1.29 is 27.6 Å². The largest absolute Gasteiger partial charge is 0.408 e. The fourth-order valence-corrected chi connectivity index (χ4v) is 4.51. The molecule has 3 amide bonds. The zero-order chi connectivity index (χ0) is 22.2. The number of alkyl halides is 3. The lowest BCUT2D eigenvalue weighted by atomic mass is 9.92. The van der Waals surface area contributed by atoms with Crippen LogP contribution in [0.3, 0.4) is 0 Å². The number of carbonyl (C=O) groups excluding carboxylic acids is 3. The van der Waals surface area contributed by atoms with Crippen molar-refractivity contribution in [3.63, 3.8) is 0 Å². The Bertz CT molecular complexity index is 868. The van der Waals surface area contributed by atoms with Gasteiger partial charge in [-0.05, 0) is 30.9 Å². The molecule has 3 aliphatic heterocycles. The maximum absolute atomic E-state index is 12.8. The minimum atomic E-state index is -4.50. The molecule has 2 saturated heterocycles. The second-order valence-corrected chi connectivity index (χ2v) is 8.26. The highest BCUT2D eigenvalue weighted by atomic mass is 19.4. The van der Waals surface area contributed by atoms with E-state index in [1.807, 2.05) is 34.5 Å². The maximum atomic E-state index is 12.8. The average Bonchev–Trinajstić information content (AvgIpc) is 3.17. The Labute approximate surface area is 178 Å². The number of hydrogen-bond acceptors (Lipinski definition) is 4. The summed E-state index contributed by atoms with van der Waals surface area (Å²) in [6.07, 6.45) is -4.07. The molecule has 3 aliphatic rings. The molecule has 0 aliphatic carbocycles. The van der Waals surface area contributed by atoms with Gasteiger partial charge in [-0.1, -0.05) is 18.2 Å². The van der Waals surface area contributed by atoms with Crippen molar-refractivity contribution in [2.24, 2.45) is 5.92 Å². The van der Waals surface area contributed by atoms with Gasteiger partial charge >= 0.3 is 6.18 Å². The summed E-state index contributed by atoms with van der Waals surface area (Å²) in [6.45, 7) is 2.54. The van der Waals surface area contributed by atoms with Crippen molar-refractivity contribution in [1.29, 1.82) is 0 Å². The van der Waals surface area contributed by atoms with Gasteiger partial charge in [0.25, 0.3) is 0 Å². The third-order valence-electron chi connectivity index (χ3n) is 6.30. The predicted molar refractivity (Wildman–Crippen MR) is 106 cm³/mol. The fraction of sp³-hybridized carbons (Fsp3) is 0.571. The monoisotopic (exact) mass is 438 g/mol. The number of nitrogens with zero attached hydrogens (tertiary/aromatic N) is 3. The van der Waals surface area contributed by atoms with Gasteiger partial charge in [-0.3, -0.25) is 19.3 Å². The molecule has 2 unspecified atom stereocenters. The van der Waals surface area contributed by atoms with Crippen molar-refractivity contribution in [3.8, 4) is 0 Å². The summed E-state index contributed by atoms with van der Waals surface area (Å²) in [5, 5.41) is 1.93. The first kappa shape index (κ1) is 21.6. The Kier molecular flexibility index (Phi) is 5.92. The zero-order valence-corrected chi connectivity index (χ0v) is 17.0. The number of halogens is 3. The van der Waals surface area contributed by atoms with Crippen LogP contribution in [0.5, 0.6) is 0 Å². The lowest BCUT2D eigenvalue weighted by Gasteiger charge is -2.38. The summed E-state index contributed by atoms with van der Waals surface area (Å²) in [7, 11) is 0. The molecule has 10 heteroatoms. The van der Waals surface area contributed by atoms with Crippen LogP contribution in [0.15, 0.2) is 24.3 Å². The first-order valence-corrected chi connectivity index (χ1v) is 10.5. The highest BCUT2D eigenvalue weighted by Gasteiger charge is 2.46. The third-order valence-corrected chi connectivity index (χ3v) is 6.30. The molecule has 3 heterocycles. The van der Waals surface area contributed by atoms with Crippen LogP contribution in [0.2, 0.25) is 0 Å². The number of piperazine rings is 1. The molecule has 2 atom stereocenters. The molecule has 0 radical (unpaired) electrons. The summed E-state index contributed by atoms with van der Waals surface area (Å²) in [5.74, 6) is -2.36. The Hall–Kier alpha value is -2.62. The van der Waals surface area contributed by atoms with E-state index in [4.69, 9.17) is 0 Å². The molecule has 1 N–H and O–H groups in total. The molecule has 1 aromatic rings. The quantitative estimate of drug-likeness (QED) is 0.720. The van der Waals surface area contributed by atoms with E-state index in [-0.39, 0.29) is 25.3 Å². The smallest absolute Gasteiger partial charge is 0.344 e. The molecular formula is C21H25F3N4O3. The average molecular weight is 438 g/mol. The van der Waals surface area contributed by atoms with Crippen LogP contribution in [-0.2, 0) is 20.8 Å². The summed E-state index contributed by atoms with van der Waals surface area (Å²) < 4.78 is 38.4. The molecule has 2 fully saturated rings. The van der Waals surface area contributed by atoms with Crippen molar-refractivity contribution in [2.45, 2.75) is 31.5 Å². The number of carbonyl (C=O) groups is 3. The number of para-hydroxylation sites is 1. The zero-order valence-electron chi connectivity index (χ0n) is 17.0. The molecule has 0 saturated carbocycles. The van der Waals surface area contributed by atoms with E-state index in [9.17, 15) is 27.6 Å². The standard InChI is InChI=1S/C21H25F3N4O3/c22-21(23,24)17-6-5-15(19(30)25-17)20(31)27-11-9-26(10-12-27)13-18(29)28-8-7-14-3-1-2-4-16(14)28/h1-4,15,17H,5-13H2,(H,25,30). The number of hydrogen-bond donors (Lipinski definition) is 1. The number of anilines is 1. The number of fused-ring (bicyclic) bond motifs is 1. The first-order valence-electron chi connectivity index (χ1n) is 10.5. The summed E-state index contributed by atoms with van der Waals surface area (Å²) >= 11 is 0. The Morgan fingerprint density at radius 1 is 1.03 bits per heavy atom. The maximum Gasteiger partial charge on any atom is 0.408 e. The number of rotatable bonds is 3. The van der Waals surface area contributed by atoms with E-state index in [1.165, 1.54) is 4.90 Å². The molecule has 1 aromatic carbocycles. The Morgan fingerprint density at radius 3 is 2.42 bits per heavy atom.